The summed E-state index contributed by atoms with van der Waals surface area (Å²) in [6.07, 6.45) is 5.30. The van der Waals surface area contributed by atoms with Crippen molar-refractivity contribution in [3.05, 3.63) is 28.8 Å². The van der Waals surface area contributed by atoms with E-state index in [9.17, 15) is 0 Å². The van der Waals surface area contributed by atoms with Crippen LogP contribution < -0.4 is 4.74 Å². The maximum atomic E-state index is 6.09. The molecule has 1 aliphatic rings. The molecule has 21 heavy (non-hydrogen) atoms. The molecule has 0 aromatic heterocycles. The van der Waals surface area contributed by atoms with Crippen LogP contribution in [-0.4, -0.2) is 50.1 Å². The molecule has 1 aliphatic heterocycles. The fraction of sp³-hybridized carbons (Fsp3) is 0.647. The molecule has 118 valence electrons. The lowest BCUT2D eigenvalue weighted by atomic mass is 10.00. The summed E-state index contributed by atoms with van der Waals surface area (Å²) in [6.45, 7) is 3.22. The molecule has 1 aromatic rings. The molecular formula is C17H27ClN2O. The Morgan fingerprint density at radius 1 is 1.38 bits per heavy atom. The first-order valence-corrected chi connectivity index (χ1v) is 8.19. The van der Waals surface area contributed by atoms with E-state index in [0.717, 1.165) is 35.5 Å². The predicted molar refractivity (Wildman–Crippen MR) is 89.2 cm³/mol. The van der Waals surface area contributed by atoms with E-state index in [1.807, 2.05) is 18.2 Å². The van der Waals surface area contributed by atoms with Gasteiger partial charge < -0.3 is 14.5 Å². The Morgan fingerprint density at radius 3 is 2.90 bits per heavy atom. The van der Waals surface area contributed by atoms with Gasteiger partial charge in [-0.2, -0.15) is 0 Å². The van der Waals surface area contributed by atoms with Crippen molar-refractivity contribution in [1.29, 1.82) is 0 Å². The largest absolute Gasteiger partial charge is 0.496 e. The molecule has 0 amide bonds. The van der Waals surface area contributed by atoms with Gasteiger partial charge in [-0.3, -0.25) is 0 Å². The number of methoxy groups -OCH3 is 1. The van der Waals surface area contributed by atoms with E-state index in [1.165, 1.54) is 32.2 Å². The van der Waals surface area contributed by atoms with Crippen LogP contribution in [0.25, 0.3) is 0 Å². The Kier molecular flexibility index (Phi) is 6.34. The molecule has 2 rings (SSSR count). The summed E-state index contributed by atoms with van der Waals surface area (Å²) < 4.78 is 5.42. The van der Waals surface area contributed by atoms with Crippen molar-refractivity contribution >= 4 is 11.6 Å². The van der Waals surface area contributed by atoms with Crippen LogP contribution in [-0.2, 0) is 6.54 Å². The molecule has 0 bridgehead atoms. The zero-order chi connectivity index (χ0) is 15.2. The molecule has 0 saturated carbocycles. The molecule has 1 atom stereocenters. The van der Waals surface area contributed by atoms with Crippen LogP contribution in [0.2, 0.25) is 5.02 Å². The second kappa shape index (κ2) is 8.02. The van der Waals surface area contributed by atoms with Gasteiger partial charge in [-0.25, -0.2) is 0 Å². The number of ether oxygens (including phenoxy) is 1. The van der Waals surface area contributed by atoms with Crippen molar-refractivity contribution in [2.75, 3.05) is 34.3 Å². The third kappa shape index (κ3) is 4.87. The second-order valence-electron chi connectivity index (χ2n) is 6.11. The van der Waals surface area contributed by atoms with E-state index in [4.69, 9.17) is 16.3 Å². The molecule has 1 aromatic carbocycles. The number of hydrogen-bond acceptors (Lipinski definition) is 3. The quantitative estimate of drug-likeness (QED) is 0.797. The summed E-state index contributed by atoms with van der Waals surface area (Å²) in [7, 11) is 6.14. The van der Waals surface area contributed by atoms with E-state index in [1.54, 1.807) is 7.11 Å². The average molecular weight is 311 g/mol. The van der Waals surface area contributed by atoms with Gasteiger partial charge in [-0.1, -0.05) is 18.0 Å². The molecule has 1 saturated heterocycles. The van der Waals surface area contributed by atoms with Crippen LogP contribution >= 0.6 is 11.6 Å². The van der Waals surface area contributed by atoms with Gasteiger partial charge >= 0.3 is 0 Å². The summed E-state index contributed by atoms with van der Waals surface area (Å²) in [6, 6.07) is 6.56. The molecule has 4 heteroatoms. The summed E-state index contributed by atoms with van der Waals surface area (Å²) in [5.41, 5.74) is 1.16. The van der Waals surface area contributed by atoms with Crippen LogP contribution in [0.3, 0.4) is 0 Å². The first kappa shape index (κ1) is 16.6. The third-order valence-corrected chi connectivity index (χ3v) is 4.68. The van der Waals surface area contributed by atoms with Crippen LogP contribution in [0.15, 0.2) is 18.2 Å². The number of halogens is 1. The molecule has 1 fully saturated rings. The SMILES string of the molecule is COc1ccc(Cl)cc1CN(C)CCC1CCCCN1C. The summed E-state index contributed by atoms with van der Waals surface area (Å²) >= 11 is 6.09. The minimum Gasteiger partial charge on any atom is -0.496 e. The minimum atomic E-state index is 0.738. The Balaban J connectivity index is 1.86. The van der Waals surface area contributed by atoms with Crippen LogP contribution in [0.5, 0.6) is 5.75 Å². The molecule has 1 unspecified atom stereocenters. The van der Waals surface area contributed by atoms with E-state index in [0.29, 0.717) is 0 Å². The number of rotatable bonds is 6. The number of likely N-dealkylation sites (tertiary alicyclic amines) is 1. The highest BCUT2D eigenvalue weighted by atomic mass is 35.5. The van der Waals surface area contributed by atoms with Crippen molar-refractivity contribution in [3.63, 3.8) is 0 Å². The smallest absolute Gasteiger partial charge is 0.123 e. The molecule has 1 heterocycles. The second-order valence-corrected chi connectivity index (χ2v) is 6.55. The van der Waals surface area contributed by atoms with Gasteiger partial charge in [-0.05, 0) is 64.6 Å². The highest BCUT2D eigenvalue weighted by molar-refractivity contribution is 6.30. The lowest BCUT2D eigenvalue weighted by Crippen LogP contribution is -2.38. The van der Waals surface area contributed by atoms with Gasteiger partial charge in [0.05, 0.1) is 7.11 Å². The average Bonchev–Trinajstić information content (AvgIpc) is 2.47. The zero-order valence-corrected chi connectivity index (χ0v) is 14.2. The van der Waals surface area contributed by atoms with Crippen molar-refractivity contribution in [2.24, 2.45) is 0 Å². The lowest BCUT2D eigenvalue weighted by molar-refractivity contribution is 0.159. The van der Waals surface area contributed by atoms with Gasteiger partial charge in [0.25, 0.3) is 0 Å². The molecule has 0 aliphatic carbocycles. The van der Waals surface area contributed by atoms with Gasteiger partial charge in [-0.15, -0.1) is 0 Å². The lowest BCUT2D eigenvalue weighted by Gasteiger charge is -2.33. The van der Waals surface area contributed by atoms with Gasteiger partial charge in [0.2, 0.25) is 0 Å². The third-order valence-electron chi connectivity index (χ3n) is 4.45. The highest BCUT2D eigenvalue weighted by Gasteiger charge is 2.19. The van der Waals surface area contributed by atoms with Crippen molar-refractivity contribution < 1.29 is 4.74 Å². The molecule has 0 N–H and O–H groups in total. The number of hydrogen-bond donors (Lipinski definition) is 0. The van der Waals surface area contributed by atoms with Crippen LogP contribution in [0.4, 0.5) is 0 Å². The van der Waals surface area contributed by atoms with Crippen LogP contribution in [0.1, 0.15) is 31.2 Å². The van der Waals surface area contributed by atoms with Gasteiger partial charge in [0.1, 0.15) is 5.75 Å². The fourth-order valence-corrected chi connectivity index (χ4v) is 3.31. The molecule has 0 spiro atoms. The van der Waals surface area contributed by atoms with Gasteiger partial charge in [0, 0.05) is 23.2 Å². The first-order chi connectivity index (χ1) is 10.1. The molecule has 0 radical (unpaired) electrons. The number of nitrogens with zero attached hydrogens (tertiary/aromatic N) is 2. The number of piperidine rings is 1. The van der Waals surface area contributed by atoms with Crippen molar-refractivity contribution in [1.82, 2.24) is 9.80 Å². The van der Waals surface area contributed by atoms with Crippen molar-refractivity contribution in [3.8, 4) is 5.75 Å². The topological polar surface area (TPSA) is 15.7 Å². The zero-order valence-electron chi connectivity index (χ0n) is 13.4. The first-order valence-electron chi connectivity index (χ1n) is 7.81. The molecule has 3 nitrogen and oxygen atoms in total. The predicted octanol–water partition coefficient (Wildman–Crippen LogP) is 3.65. The maximum absolute atomic E-state index is 6.09. The van der Waals surface area contributed by atoms with Gasteiger partial charge in [0.15, 0.2) is 0 Å². The minimum absolute atomic E-state index is 0.738. The van der Waals surface area contributed by atoms with E-state index < -0.39 is 0 Å². The fourth-order valence-electron chi connectivity index (χ4n) is 3.12. The summed E-state index contributed by atoms with van der Waals surface area (Å²) in [4.78, 5) is 4.87. The standard InChI is InChI=1S/C17H27ClN2O/c1-19(11-9-16-6-4-5-10-20(16)2)13-14-12-15(18)7-8-17(14)21-3/h7-8,12,16H,4-6,9-11,13H2,1-3H3. The Hall–Kier alpha value is -0.770. The Morgan fingerprint density at radius 2 is 2.19 bits per heavy atom. The Labute approximate surface area is 133 Å². The maximum Gasteiger partial charge on any atom is 0.123 e. The Bertz CT molecular complexity index is 452. The monoisotopic (exact) mass is 310 g/mol. The highest BCUT2D eigenvalue weighted by Crippen LogP contribution is 2.24. The molecular weight excluding hydrogens is 284 g/mol. The van der Waals surface area contributed by atoms with E-state index in [-0.39, 0.29) is 0 Å². The summed E-state index contributed by atoms with van der Waals surface area (Å²) in [5, 5.41) is 0.770. The van der Waals surface area contributed by atoms with E-state index >= 15 is 0 Å². The summed E-state index contributed by atoms with van der Waals surface area (Å²) in [5.74, 6) is 0.918. The van der Waals surface area contributed by atoms with E-state index in [2.05, 4.69) is 23.9 Å². The van der Waals surface area contributed by atoms with Crippen LogP contribution in [0, 0.1) is 0 Å². The normalized spacial score (nSPS) is 20.0. The van der Waals surface area contributed by atoms with Crippen molar-refractivity contribution in [2.45, 2.75) is 38.3 Å². The number of benzene rings is 1.